The minimum Gasteiger partial charge on any atom is -0.491 e. The van der Waals surface area contributed by atoms with Gasteiger partial charge < -0.3 is 9.84 Å². The maximum Gasteiger partial charge on any atom is 0.246 e. The van der Waals surface area contributed by atoms with E-state index >= 15 is 0 Å². The minimum atomic E-state index is -1.16. The largest absolute Gasteiger partial charge is 0.491 e. The number of imide groups is 1. The molecule has 1 fully saturated rings. The van der Waals surface area contributed by atoms with Gasteiger partial charge in [0.15, 0.2) is 0 Å². The molecule has 0 saturated carbocycles. The number of hydrogen-bond donors (Lipinski definition) is 1. The number of rotatable bonds is 7. The first kappa shape index (κ1) is 24.0. The molecule has 0 bridgehead atoms. The number of hydrogen-bond acceptors (Lipinski definition) is 4. The van der Waals surface area contributed by atoms with Crippen LogP contribution in [0.1, 0.15) is 23.5 Å². The number of ether oxygens (including phenoxy) is 1. The molecule has 3 aromatic carbocycles. The Labute approximate surface area is 215 Å². The van der Waals surface area contributed by atoms with Gasteiger partial charge in [-0.1, -0.05) is 78.9 Å². The van der Waals surface area contributed by atoms with Gasteiger partial charge >= 0.3 is 0 Å². The highest BCUT2D eigenvalue weighted by Crippen LogP contribution is 2.58. The second-order valence-corrected chi connectivity index (χ2v) is 9.40. The Morgan fingerprint density at radius 1 is 1.06 bits per heavy atom. The molecular weight excluding hydrogens is 474 g/mol. The molecule has 1 aliphatic heterocycles. The van der Waals surface area contributed by atoms with Crippen molar-refractivity contribution in [1.29, 1.82) is 0 Å². The Bertz CT molecular complexity index is 1330. The summed E-state index contributed by atoms with van der Waals surface area (Å²) in [5, 5.41) is 9.53. The molecule has 36 heavy (non-hydrogen) atoms. The van der Waals surface area contributed by atoms with Crippen LogP contribution in [0.5, 0.6) is 5.75 Å². The number of amides is 2. The molecule has 2 aliphatic rings. The summed E-state index contributed by atoms with van der Waals surface area (Å²) < 4.78 is 5.54. The number of fused-ring (bicyclic) bond motifs is 1. The van der Waals surface area contributed by atoms with E-state index in [0.29, 0.717) is 22.9 Å². The molecule has 0 aromatic heterocycles. The van der Waals surface area contributed by atoms with Crippen LogP contribution in [0, 0.1) is 5.92 Å². The molecule has 1 N–H and O–H groups in total. The molecule has 0 spiro atoms. The summed E-state index contributed by atoms with van der Waals surface area (Å²) in [7, 11) is 0. The van der Waals surface area contributed by atoms with Crippen molar-refractivity contribution < 1.29 is 19.4 Å². The van der Waals surface area contributed by atoms with Gasteiger partial charge in [-0.3, -0.25) is 9.59 Å². The smallest absolute Gasteiger partial charge is 0.246 e. The van der Waals surface area contributed by atoms with E-state index in [9.17, 15) is 9.59 Å². The van der Waals surface area contributed by atoms with E-state index in [-0.39, 0.29) is 25.0 Å². The molecule has 6 heteroatoms. The second kappa shape index (κ2) is 9.76. The molecule has 1 heterocycles. The van der Waals surface area contributed by atoms with Crippen LogP contribution < -0.4 is 9.64 Å². The van der Waals surface area contributed by atoms with E-state index in [0.717, 1.165) is 16.7 Å². The normalized spacial score (nSPS) is 23.3. The Balaban J connectivity index is 1.72. The maximum atomic E-state index is 14.6. The van der Waals surface area contributed by atoms with Crippen molar-refractivity contribution in [2.24, 2.45) is 5.92 Å². The molecule has 5 rings (SSSR count). The number of halogens is 1. The van der Waals surface area contributed by atoms with E-state index in [2.05, 4.69) is 6.58 Å². The molecular formula is C30H26ClNO4. The highest BCUT2D eigenvalue weighted by atomic mass is 35.5. The van der Waals surface area contributed by atoms with E-state index in [4.69, 9.17) is 21.4 Å². The Morgan fingerprint density at radius 2 is 1.81 bits per heavy atom. The first-order valence-electron chi connectivity index (χ1n) is 11.9. The van der Waals surface area contributed by atoms with Gasteiger partial charge in [-0.15, -0.1) is 0 Å². The summed E-state index contributed by atoms with van der Waals surface area (Å²) >= 11 is 6.24. The number of benzene rings is 3. The van der Waals surface area contributed by atoms with Crippen LogP contribution in [0.4, 0.5) is 5.69 Å². The van der Waals surface area contributed by atoms with Crippen molar-refractivity contribution >= 4 is 29.1 Å². The van der Waals surface area contributed by atoms with Gasteiger partial charge in [-0.2, -0.15) is 0 Å². The SMILES string of the molecule is C=CC1=CCC2C(=O)N(c3cccc(Cl)c3)C(=O)C2(c2ccccc2)C1c1ccc(OCCO)cc1. The summed E-state index contributed by atoms with van der Waals surface area (Å²) in [6, 6.07) is 23.9. The fourth-order valence-corrected chi connectivity index (χ4v) is 5.86. The van der Waals surface area contributed by atoms with E-state index in [1.54, 1.807) is 30.3 Å². The number of carbonyl (C=O) groups is 2. The quantitative estimate of drug-likeness (QED) is 0.440. The van der Waals surface area contributed by atoms with Gasteiger partial charge in [0, 0.05) is 10.9 Å². The van der Waals surface area contributed by atoms with Crippen molar-refractivity contribution in [3.8, 4) is 5.75 Å². The number of aliphatic hydroxyl groups excluding tert-OH is 1. The van der Waals surface area contributed by atoms with Crippen LogP contribution in [0.2, 0.25) is 5.02 Å². The summed E-state index contributed by atoms with van der Waals surface area (Å²) in [5.41, 5.74) is 1.87. The summed E-state index contributed by atoms with van der Waals surface area (Å²) in [6.45, 7) is 4.15. The predicted molar refractivity (Wildman–Crippen MR) is 140 cm³/mol. The number of aliphatic hydroxyl groups is 1. The van der Waals surface area contributed by atoms with Crippen LogP contribution in [0.3, 0.4) is 0 Å². The number of carbonyl (C=O) groups excluding carboxylic acids is 2. The lowest BCUT2D eigenvalue weighted by Gasteiger charge is -2.43. The first-order valence-corrected chi connectivity index (χ1v) is 12.3. The van der Waals surface area contributed by atoms with Gasteiger partial charge in [0.1, 0.15) is 12.4 Å². The summed E-state index contributed by atoms with van der Waals surface area (Å²) in [5.74, 6) is -0.927. The maximum absolute atomic E-state index is 14.6. The molecule has 2 amide bonds. The van der Waals surface area contributed by atoms with Crippen LogP contribution in [0.25, 0.3) is 0 Å². The van der Waals surface area contributed by atoms with Gasteiger partial charge in [0.2, 0.25) is 11.8 Å². The lowest BCUT2D eigenvalue weighted by atomic mass is 9.56. The average Bonchev–Trinajstić information content (AvgIpc) is 3.14. The second-order valence-electron chi connectivity index (χ2n) is 8.96. The summed E-state index contributed by atoms with van der Waals surface area (Å²) in [4.78, 5) is 29.8. The summed E-state index contributed by atoms with van der Waals surface area (Å²) in [6.07, 6.45) is 4.22. The third kappa shape index (κ3) is 3.76. The van der Waals surface area contributed by atoms with Crippen LogP contribution in [0.15, 0.2) is 103 Å². The minimum absolute atomic E-state index is 0.0809. The molecule has 1 saturated heterocycles. The molecule has 1 aliphatic carbocycles. The van der Waals surface area contributed by atoms with E-state index < -0.39 is 17.3 Å². The highest BCUT2D eigenvalue weighted by Gasteiger charge is 2.65. The molecule has 3 atom stereocenters. The lowest BCUT2D eigenvalue weighted by molar-refractivity contribution is -0.123. The zero-order valence-electron chi connectivity index (χ0n) is 19.6. The van der Waals surface area contributed by atoms with Crippen LogP contribution in [-0.4, -0.2) is 30.1 Å². The van der Waals surface area contributed by atoms with E-state index in [1.165, 1.54) is 4.90 Å². The lowest BCUT2D eigenvalue weighted by Crippen LogP contribution is -2.48. The third-order valence-corrected chi connectivity index (χ3v) is 7.37. The van der Waals surface area contributed by atoms with Gasteiger partial charge in [0.05, 0.1) is 23.6 Å². The average molecular weight is 500 g/mol. The van der Waals surface area contributed by atoms with Crippen LogP contribution in [-0.2, 0) is 15.0 Å². The number of nitrogens with zero attached hydrogens (tertiary/aromatic N) is 1. The third-order valence-electron chi connectivity index (χ3n) is 7.13. The molecule has 182 valence electrons. The predicted octanol–water partition coefficient (Wildman–Crippen LogP) is 5.44. The van der Waals surface area contributed by atoms with Gasteiger partial charge in [0.25, 0.3) is 0 Å². The zero-order chi connectivity index (χ0) is 25.3. The van der Waals surface area contributed by atoms with Crippen molar-refractivity contribution in [1.82, 2.24) is 0 Å². The molecule has 0 radical (unpaired) electrons. The van der Waals surface area contributed by atoms with Gasteiger partial charge in [-0.25, -0.2) is 4.90 Å². The fraction of sp³-hybridized carbons (Fsp3) is 0.200. The topological polar surface area (TPSA) is 66.8 Å². The first-order chi connectivity index (χ1) is 17.5. The Kier molecular flexibility index (Phi) is 6.52. The van der Waals surface area contributed by atoms with Crippen molar-refractivity contribution in [3.63, 3.8) is 0 Å². The number of allylic oxidation sites excluding steroid dienone is 3. The Morgan fingerprint density at radius 3 is 2.47 bits per heavy atom. The molecule has 3 aromatic rings. The Hall–Kier alpha value is -3.67. The van der Waals surface area contributed by atoms with Crippen molar-refractivity contribution in [2.45, 2.75) is 17.8 Å². The van der Waals surface area contributed by atoms with Crippen molar-refractivity contribution in [2.75, 3.05) is 18.1 Å². The molecule has 5 nitrogen and oxygen atoms in total. The van der Waals surface area contributed by atoms with Crippen LogP contribution >= 0.6 is 11.6 Å². The number of anilines is 1. The molecule has 3 unspecified atom stereocenters. The standard InChI is InChI=1S/C30H26ClNO4/c1-2-20-13-16-26-28(34)32(24-10-6-9-23(31)19-24)29(35)30(26,22-7-4-3-5-8-22)27(20)21-11-14-25(15-12-21)36-18-17-33/h2-15,19,26-27,33H,1,16-18H2. The van der Waals surface area contributed by atoms with E-state index in [1.807, 2.05) is 60.7 Å². The fourth-order valence-electron chi connectivity index (χ4n) is 5.67. The van der Waals surface area contributed by atoms with Crippen molar-refractivity contribution in [3.05, 3.63) is 119 Å². The monoisotopic (exact) mass is 499 g/mol. The highest BCUT2D eigenvalue weighted by molar-refractivity contribution is 6.32. The zero-order valence-corrected chi connectivity index (χ0v) is 20.4. The van der Waals surface area contributed by atoms with Gasteiger partial charge in [-0.05, 0) is 53.5 Å².